The van der Waals surface area contributed by atoms with E-state index >= 15 is 0 Å². The summed E-state index contributed by atoms with van der Waals surface area (Å²) in [7, 11) is 1.66. The van der Waals surface area contributed by atoms with Crippen LogP contribution in [0.2, 0.25) is 0 Å². The quantitative estimate of drug-likeness (QED) is 0.769. The summed E-state index contributed by atoms with van der Waals surface area (Å²) in [6.07, 6.45) is 0. The average molecular weight is 293 g/mol. The van der Waals surface area contributed by atoms with E-state index in [2.05, 4.69) is 29.1 Å². The van der Waals surface area contributed by atoms with Crippen molar-refractivity contribution in [1.82, 2.24) is 9.97 Å². The summed E-state index contributed by atoms with van der Waals surface area (Å²) in [5.74, 6) is 2.74. The van der Waals surface area contributed by atoms with Crippen molar-refractivity contribution in [3.63, 3.8) is 0 Å². The van der Waals surface area contributed by atoms with Crippen molar-refractivity contribution < 1.29 is 4.74 Å². The number of methoxy groups -OCH3 is 1. The molecular weight excluding hydrogens is 274 g/mol. The Morgan fingerprint density at radius 2 is 1.82 bits per heavy atom. The van der Waals surface area contributed by atoms with E-state index in [1.165, 1.54) is 0 Å². The molecule has 0 aliphatic carbocycles. The van der Waals surface area contributed by atoms with Gasteiger partial charge < -0.3 is 10.1 Å². The van der Waals surface area contributed by atoms with Crippen LogP contribution in [0.1, 0.15) is 25.6 Å². The second-order valence-electron chi connectivity index (χ2n) is 5.46. The molecule has 4 heteroatoms. The summed E-state index contributed by atoms with van der Waals surface area (Å²) in [4.78, 5) is 9.32. The Kier molecular flexibility index (Phi) is 3.92. The molecule has 3 aromatic rings. The van der Waals surface area contributed by atoms with E-state index in [-0.39, 0.29) is 5.92 Å². The van der Waals surface area contributed by atoms with E-state index in [1.807, 2.05) is 48.5 Å². The molecule has 1 heterocycles. The van der Waals surface area contributed by atoms with Gasteiger partial charge in [0.05, 0.1) is 12.6 Å². The number of nitrogens with zero attached hydrogens (tertiary/aromatic N) is 2. The highest BCUT2D eigenvalue weighted by molar-refractivity contribution is 5.90. The van der Waals surface area contributed by atoms with Gasteiger partial charge in [-0.25, -0.2) is 9.97 Å². The van der Waals surface area contributed by atoms with Crippen LogP contribution in [0, 0.1) is 0 Å². The Bertz CT molecular complexity index is 799. The third-order valence-electron chi connectivity index (χ3n) is 3.47. The van der Waals surface area contributed by atoms with Crippen LogP contribution >= 0.6 is 0 Å². The molecule has 4 nitrogen and oxygen atoms in total. The van der Waals surface area contributed by atoms with Crippen LogP contribution in [0.3, 0.4) is 0 Å². The van der Waals surface area contributed by atoms with Gasteiger partial charge in [0.25, 0.3) is 0 Å². The number of rotatable bonds is 4. The zero-order chi connectivity index (χ0) is 15.5. The van der Waals surface area contributed by atoms with Crippen molar-refractivity contribution in [2.75, 3.05) is 12.4 Å². The van der Waals surface area contributed by atoms with Crippen LogP contribution in [0.5, 0.6) is 5.75 Å². The normalized spacial score (nSPS) is 10.9. The monoisotopic (exact) mass is 293 g/mol. The fourth-order valence-electron chi connectivity index (χ4n) is 2.29. The Morgan fingerprint density at radius 1 is 1.00 bits per heavy atom. The number of hydrogen-bond donors (Lipinski definition) is 1. The average Bonchev–Trinajstić information content (AvgIpc) is 2.55. The third kappa shape index (κ3) is 2.86. The van der Waals surface area contributed by atoms with E-state index in [0.717, 1.165) is 34.0 Å². The largest absolute Gasteiger partial charge is 0.497 e. The van der Waals surface area contributed by atoms with Crippen LogP contribution in [0.15, 0.2) is 48.5 Å². The topological polar surface area (TPSA) is 47.0 Å². The van der Waals surface area contributed by atoms with Gasteiger partial charge in [0.15, 0.2) is 0 Å². The fraction of sp³-hybridized carbons (Fsp3) is 0.222. The maximum Gasteiger partial charge on any atom is 0.142 e. The van der Waals surface area contributed by atoms with Crippen molar-refractivity contribution in [1.29, 1.82) is 0 Å². The summed E-state index contributed by atoms with van der Waals surface area (Å²) in [5, 5.41) is 4.39. The SMILES string of the molecule is COc1cccc(Nc2nc(C(C)C)nc3ccccc23)c1. The van der Waals surface area contributed by atoms with Gasteiger partial charge in [-0.15, -0.1) is 0 Å². The third-order valence-corrected chi connectivity index (χ3v) is 3.47. The summed E-state index contributed by atoms with van der Waals surface area (Å²) in [6, 6.07) is 15.9. The first kappa shape index (κ1) is 14.3. The van der Waals surface area contributed by atoms with Gasteiger partial charge in [-0.05, 0) is 24.3 Å². The molecule has 0 aliphatic rings. The van der Waals surface area contributed by atoms with E-state index in [4.69, 9.17) is 4.74 Å². The van der Waals surface area contributed by atoms with Crippen molar-refractivity contribution in [3.05, 3.63) is 54.4 Å². The molecule has 3 rings (SSSR count). The van der Waals surface area contributed by atoms with Crippen LogP contribution in [0.25, 0.3) is 10.9 Å². The standard InChI is InChI=1S/C18H19N3O/c1-12(2)17-20-16-10-5-4-9-15(16)18(21-17)19-13-7-6-8-14(11-13)22-3/h4-12H,1-3H3,(H,19,20,21). The number of nitrogens with one attached hydrogen (secondary N) is 1. The lowest BCUT2D eigenvalue weighted by molar-refractivity contribution is 0.415. The minimum Gasteiger partial charge on any atom is -0.497 e. The molecule has 22 heavy (non-hydrogen) atoms. The molecule has 0 saturated heterocycles. The number of aromatic nitrogens is 2. The van der Waals surface area contributed by atoms with Crippen molar-refractivity contribution in [3.8, 4) is 5.75 Å². The van der Waals surface area contributed by atoms with E-state index < -0.39 is 0 Å². The lowest BCUT2D eigenvalue weighted by atomic mass is 10.1. The van der Waals surface area contributed by atoms with Gasteiger partial charge in [0.1, 0.15) is 17.4 Å². The van der Waals surface area contributed by atoms with Crippen LogP contribution in [-0.2, 0) is 0 Å². The molecule has 0 saturated carbocycles. The Hall–Kier alpha value is -2.62. The molecule has 112 valence electrons. The van der Waals surface area contributed by atoms with E-state index in [0.29, 0.717) is 0 Å². The smallest absolute Gasteiger partial charge is 0.142 e. The lowest BCUT2D eigenvalue weighted by Crippen LogP contribution is -2.03. The molecule has 0 atom stereocenters. The first-order chi connectivity index (χ1) is 10.7. The second-order valence-corrected chi connectivity index (χ2v) is 5.46. The Balaban J connectivity index is 2.08. The van der Waals surface area contributed by atoms with Gasteiger partial charge in [0.2, 0.25) is 0 Å². The minimum atomic E-state index is 0.274. The number of ether oxygens (including phenoxy) is 1. The number of fused-ring (bicyclic) bond motifs is 1. The number of anilines is 2. The van der Waals surface area contributed by atoms with Crippen molar-refractivity contribution in [2.45, 2.75) is 19.8 Å². The molecular formula is C18H19N3O. The lowest BCUT2D eigenvalue weighted by Gasteiger charge is -2.13. The maximum atomic E-state index is 5.27. The summed E-state index contributed by atoms with van der Waals surface area (Å²) < 4.78 is 5.27. The zero-order valence-electron chi connectivity index (χ0n) is 13.0. The predicted molar refractivity (Wildman–Crippen MR) is 89.9 cm³/mol. The summed E-state index contributed by atoms with van der Waals surface area (Å²) in [6.45, 7) is 4.19. The Morgan fingerprint density at radius 3 is 2.59 bits per heavy atom. The summed E-state index contributed by atoms with van der Waals surface area (Å²) >= 11 is 0. The first-order valence-electron chi connectivity index (χ1n) is 7.35. The predicted octanol–water partition coefficient (Wildman–Crippen LogP) is 4.51. The van der Waals surface area contributed by atoms with Gasteiger partial charge in [-0.3, -0.25) is 0 Å². The fourth-order valence-corrected chi connectivity index (χ4v) is 2.29. The minimum absolute atomic E-state index is 0.274. The molecule has 0 amide bonds. The van der Waals surface area contributed by atoms with Gasteiger partial charge in [0, 0.05) is 23.1 Å². The van der Waals surface area contributed by atoms with Crippen LogP contribution in [-0.4, -0.2) is 17.1 Å². The van der Waals surface area contributed by atoms with Gasteiger partial charge in [-0.2, -0.15) is 0 Å². The molecule has 1 N–H and O–H groups in total. The number of benzene rings is 2. The maximum absolute atomic E-state index is 5.27. The van der Waals surface area contributed by atoms with Crippen molar-refractivity contribution >= 4 is 22.4 Å². The molecule has 2 aromatic carbocycles. The molecule has 1 aromatic heterocycles. The van der Waals surface area contributed by atoms with Gasteiger partial charge >= 0.3 is 0 Å². The molecule has 0 aliphatic heterocycles. The van der Waals surface area contributed by atoms with Crippen LogP contribution < -0.4 is 10.1 Å². The number of hydrogen-bond acceptors (Lipinski definition) is 4. The van der Waals surface area contributed by atoms with E-state index in [1.54, 1.807) is 7.11 Å². The molecule has 0 bridgehead atoms. The summed E-state index contributed by atoms with van der Waals surface area (Å²) in [5.41, 5.74) is 1.89. The van der Waals surface area contributed by atoms with Crippen molar-refractivity contribution in [2.24, 2.45) is 0 Å². The molecule has 0 fully saturated rings. The highest BCUT2D eigenvalue weighted by atomic mass is 16.5. The molecule has 0 unspecified atom stereocenters. The van der Waals surface area contributed by atoms with E-state index in [9.17, 15) is 0 Å². The molecule has 0 spiro atoms. The first-order valence-corrected chi connectivity index (χ1v) is 7.35. The highest BCUT2D eigenvalue weighted by Gasteiger charge is 2.10. The number of para-hydroxylation sites is 1. The highest BCUT2D eigenvalue weighted by Crippen LogP contribution is 2.27. The second kappa shape index (κ2) is 6.02. The molecule has 0 radical (unpaired) electrons. The Labute approximate surface area is 130 Å². The zero-order valence-corrected chi connectivity index (χ0v) is 13.0. The van der Waals surface area contributed by atoms with Crippen LogP contribution in [0.4, 0.5) is 11.5 Å². The van der Waals surface area contributed by atoms with Gasteiger partial charge in [-0.1, -0.05) is 32.0 Å².